The molecular weight excluding hydrogens is 404 g/mol. The van der Waals surface area contributed by atoms with Crippen LogP contribution in [0.5, 0.6) is 0 Å². The number of hydrogen-bond acceptors (Lipinski definition) is 7. The van der Waals surface area contributed by atoms with Gasteiger partial charge < -0.3 is 34.6 Å². The maximum atomic E-state index is 13.1. The largest absolute Gasteiger partial charge is 0.389 e. The van der Waals surface area contributed by atoms with Crippen LogP contribution in [-0.2, 0) is 14.3 Å². The lowest BCUT2D eigenvalue weighted by Gasteiger charge is -2.44. The molecule has 4 atom stereocenters. The zero-order valence-electron chi connectivity index (χ0n) is 18.1. The Labute approximate surface area is 181 Å². The van der Waals surface area contributed by atoms with Crippen molar-refractivity contribution in [3.8, 4) is 0 Å². The van der Waals surface area contributed by atoms with Crippen molar-refractivity contribution in [3.63, 3.8) is 0 Å². The quantitative estimate of drug-likeness (QED) is 0.636. The Bertz CT molecular complexity index is 775. The number of aryl methyl sites for hydroxylation is 2. The van der Waals surface area contributed by atoms with E-state index in [1.54, 1.807) is 18.7 Å². The van der Waals surface area contributed by atoms with E-state index in [2.05, 4.69) is 15.8 Å². The van der Waals surface area contributed by atoms with Crippen molar-refractivity contribution in [2.24, 2.45) is 5.92 Å². The number of ether oxygens (including phenoxy) is 2. The molecule has 1 aromatic heterocycles. The lowest BCUT2D eigenvalue weighted by atomic mass is 9.95. The number of carbonyl (C=O) groups is 2. The highest BCUT2D eigenvalue weighted by atomic mass is 16.5. The van der Waals surface area contributed by atoms with Crippen molar-refractivity contribution in [1.29, 1.82) is 0 Å². The number of carbonyl (C=O) groups excluding carboxylic acids is 2. The average molecular weight is 437 g/mol. The molecule has 3 fully saturated rings. The highest BCUT2D eigenvalue weighted by molar-refractivity contribution is 5.90. The number of hydrogen-bond donors (Lipinski definition) is 3. The van der Waals surface area contributed by atoms with Crippen LogP contribution in [0.25, 0.3) is 0 Å². The van der Waals surface area contributed by atoms with E-state index in [0.29, 0.717) is 42.3 Å². The Balaban J connectivity index is 1.40. The molecule has 1 aromatic rings. The Morgan fingerprint density at radius 3 is 2.71 bits per heavy atom. The topological polar surface area (TPSA) is 126 Å². The molecule has 1 saturated carbocycles. The summed E-state index contributed by atoms with van der Waals surface area (Å²) in [6.45, 7) is 4.75. The summed E-state index contributed by atoms with van der Waals surface area (Å²) in [5, 5.41) is 20.0. The molecule has 2 saturated heterocycles. The summed E-state index contributed by atoms with van der Waals surface area (Å²) < 4.78 is 16.9. The van der Waals surface area contributed by atoms with Crippen molar-refractivity contribution < 1.29 is 28.7 Å². The van der Waals surface area contributed by atoms with E-state index in [1.807, 2.05) is 0 Å². The summed E-state index contributed by atoms with van der Waals surface area (Å²) in [4.78, 5) is 27.0. The van der Waals surface area contributed by atoms with Crippen molar-refractivity contribution in [2.45, 2.75) is 70.3 Å². The zero-order valence-corrected chi connectivity index (χ0v) is 18.1. The van der Waals surface area contributed by atoms with Crippen LogP contribution in [0.3, 0.4) is 0 Å². The van der Waals surface area contributed by atoms with Crippen LogP contribution in [0.1, 0.15) is 43.6 Å². The molecule has 10 heteroatoms. The fourth-order valence-electron chi connectivity index (χ4n) is 4.27. The maximum Gasteiger partial charge on any atom is 0.322 e. The molecule has 3 heterocycles. The molecule has 2 aliphatic heterocycles. The predicted molar refractivity (Wildman–Crippen MR) is 111 cm³/mol. The predicted octanol–water partition coefficient (Wildman–Crippen LogP) is 1.35. The molecule has 0 radical (unpaired) electrons. The maximum absolute atomic E-state index is 13.1. The normalized spacial score (nSPS) is 28.9. The number of nitrogens with zero attached hydrogens (tertiary/aromatic N) is 2. The molecule has 0 aromatic carbocycles. The summed E-state index contributed by atoms with van der Waals surface area (Å²) >= 11 is 0. The molecule has 0 spiro atoms. The number of rotatable bonds is 5. The van der Waals surface area contributed by atoms with Gasteiger partial charge in [-0.3, -0.25) is 4.79 Å². The highest BCUT2D eigenvalue weighted by Crippen LogP contribution is 2.30. The average Bonchev–Trinajstić information content (AvgIpc) is 3.51. The third-order valence-corrected chi connectivity index (χ3v) is 6.21. The van der Waals surface area contributed by atoms with Gasteiger partial charge in [0, 0.05) is 6.54 Å². The highest BCUT2D eigenvalue weighted by Gasteiger charge is 2.40. The Morgan fingerprint density at radius 1 is 1.19 bits per heavy atom. The third kappa shape index (κ3) is 5.55. The second kappa shape index (κ2) is 9.54. The van der Waals surface area contributed by atoms with E-state index < -0.39 is 6.10 Å². The van der Waals surface area contributed by atoms with E-state index in [-0.39, 0.29) is 49.9 Å². The van der Waals surface area contributed by atoms with E-state index >= 15 is 0 Å². The second-order valence-electron chi connectivity index (χ2n) is 8.87. The van der Waals surface area contributed by atoms with Gasteiger partial charge in [-0.15, -0.1) is 0 Å². The van der Waals surface area contributed by atoms with Gasteiger partial charge in [0.2, 0.25) is 5.91 Å². The van der Waals surface area contributed by atoms with Crippen LogP contribution in [0.4, 0.5) is 10.5 Å². The number of urea groups is 1. The van der Waals surface area contributed by atoms with Gasteiger partial charge >= 0.3 is 6.03 Å². The number of amides is 3. The standard InChI is InChI=1S/C21H32N4O6/c1-12-20(13(2)31-24-12)23-21(28)25-9-15(26)10-29-11-18-17(25)6-5-16(30-18)7-19(27)22-8-14-3-4-14/h14-18,26H,3-11H2,1-2H3,(H,22,27)(H,23,28)/t15-,16+,17+,18-/m1/s1. The Kier molecular flexibility index (Phi) is 6.78. The van der Waals surface area contributed by atoms with Crippen LogP contribution in [0.15, 0.2) is 4.52 Å². The summed E-state index contributed by atoms with van der Waals surface area (Å²) in [5.41, 5.74) is 1.13. The van der Waals surface area contributed by atoms with Gasteiger partial charge in [-0.2, -0.15) is 0 Å². The fraction of sp³-hybridized carbons (Fsp3) is 0.762. The van der Waals surface area contributed by atoms with Crippen LogP contribution < -0.4 is 10.6 Å². The minimum atomic E-state index is -0.790. The molecule has 0 bridgehead atoms. The zero-order chi connectivity index (χ0) is 22.0. The third-order valence-electron chi connectivity index (χ3n) is 6.21. The van der Waals surface area contributed by atoms with Gasteiger partial charge in [0.05, 0.1) is 44.4 Å². The molecule has 1 aliphatic carbocycles. The van der Waals surface area contributed by atoms with Crippen LogP contribution in [-0.4, -0.2) is 77.8 Å². The van der Waals surface area contributed by atoms with Gasteiger partial charge in [-0.1, -0.05) is 5.16 Å². The molecule has 10 nitrogen and oxygen atoms in total. The lowest BCUT2D eigenvalue weighted by Crippen LogP contribution is -2.58. The monoisotopic (exact) mass is 436 g/mol. The summed E-state index contributed by atoms with van der Waals surface area (Å²) in [6, 6.07) is -0.601. The van der Waals surface area contributed by atoms with Gasteiger partial charge in [0.1, 0.15) is 17.5 Å². The first-order valence-electron chi connectivity index (χ1n) is 11.1. The van der Waals surface area contributed by atoms with Crippen LogP contribution >= 0.6 is 0 Å². The first-order chi connectivity index (χ1) is 14.9. The number of nitrogens with one attached hydrogen (secondary N) is 2. The minimum absolute atomic E-state index is 0.00513. The second-order valence-corrected chi connectivity index (χ2v) is 8.87. The van der Waals surface area contributed by atoms with Crippen molar-refractivity contribution >= 4 is 17.6 Å². The van der Waals surface area contributed by atoms with E-state index in [4.69, 9.17) is 14.0 Å². The van der Waals surface area contributed by atoms with Gasteiger partial charge in [-0.05, 0) is 45.4 Å². The lowest BCUT2D eigenvalue weighted by molar-refractivity contribution is -0.149. The van der Waals surface area contributed by atoms with E-state index in [0.717, 1.165) is 6.54 Å². The molecule has 4 rings (SSSR count). The molecule has 31 heavy (non-hydrogen) atoms. The first kappa shape index (κ1) is 22.0. The van der Waals surface area contributed by atoms with Crippen molar-refractivity contribution in [1.82, 2.24) is 15.4 Å². The summed E-state index contributed by atoms with van der Waals surface area (Å²) in [6.07, 6.45) is 2.66. The van der Waals surface area contributed by atoms with Gasteiger partial charge in [0.15, 0.2) is 5.76 Å². The molecule has 172 valence electrons. The SMILES string of the molecule is Cc1noc(C)c1NC(=O)N1C[C@@H](O)COC[C@H]2O[C@H](CC(=O)NCC3CC3)CC[C@@H]21. The van der Waals surface area contributed by atoms with E-state index in [1.165, 1.54) is 12.8 Å². The number of aromatic nitrogens is 1. The van der Waals surface area contributed by atoms with Gasteiger partial charge in [-0.25, -0.2) is 4.79 Å². The molecule has 0 unspecified atom stereocenters. The molecule has 3 amide bonds. The van der Waals surface area contributed by atoms with Crippen molar-refractivity contribution in [2.75, 3.05) is 31.6 Å². The molecule has 3 N–H and O–H groups in total. The number of β-amino-alcohol motifs (C(OH)–C–C–N with tert-alkyl or cyclic N) is 1. The smallest absolute Gasteiger partial charge is 0.322 e. The van der Waals surface area contributed by atoms with Crippen LogP contribution in [0, 0.1) is 19.8 Å². The fourth-order valence-corrected chi connectivity index (χ4v) is 4.27. The Morgan fingerprint density at radius 2 is 2.00 bits per heavy atom. The minimum Gasteiger partial charge on any atom is -0.389 e. The molecular formula is C21H32N4O6. The number of fused-ring (bicyclic) bond motifs is 1. The van der Waals surface area contributed by atoms with Gasteiger partial charge in [0.25, 0.3) is 0 Å². The Hall–Kier alpha value is -2.17. The molecule has 3 aliphatic rings. The van der Waals surface area contributed by atoms with E-state index in [9.17, 15) is 14.7 Å². The number of aliphatic hydroxyl groups excluding tert-OH is 1. The first-order valence-corrected chi connectivity index (χ1v) is 11.1. The summed E-state index contributed by atoms with van der Waals surface area (Å²) in [7, 11) is 0. The number of aliphatic hydroxyl groups is 1. The van der Waals surface area contributed by atoms with Crippen molar-refractivity contribution in [3.05, 3.63) is 11.5 Å². The van der Waals surface area contributed by atoms with Crippen LogP contribution in [0.2, 0.25) is 0 Å². The number of anilines is 1. The summed E-state index contributed by atoms with van der Waals surface area (Å²) in [5.74, 6) is 1.16.